The fourth-order valence-electron chi connectivity index (χ4n) is 2.91. The molecule has 0 radical (unpaired) electrons. The van der Waals surface area contributed by atoms with Crippen LogP contribution in [0.5, 0.6) is 0 Å². The van der Waals surface area contributed by atoms with Crippen molar-refractivity contribution in [2.45, 2.75) is 26.4 Å². The van der Waals surface area contributed by atoms with E-state index >= 15 is 0 Å². The minimum atomic E-state index is 0.260. The van der Waals surface area contributed by atoms with Crippen LogP contribution in [0.4, 0.5) is 0 Å². The van der Waals surface area contributed by atoms with E-state index < -0.39 is 0 Å². The van der Waals surface area contributed by atoms with Gasteiger partial charge in [-0.15, -0.1) is 0 Å². The van der Waals surface area contributed by atoms with Gasteiger partial charge in [0, 0.05) is 32.2 Å². The zero-order valence-electron chi connectivity index (χ0n) is 12.2. The van der Waals surface area contributed by atoms with E-state index in [0.29, 0.717) is 16.6 Å². The fourth-order valence-corrected chi connectivity index (χ4v) is 3.32. The zero-order chi connectivity index (χ0) is 14.7. The summed E-state index contributed by atoms with van der Waals surface area (Å²) in [4.78, 5) is 4.83. The van der Waals surface area contributed by atoms with E-state index in [1.54, 1.807) is 0 Å². The maximum absolute atomic E-state index is 6.33. The van der Waals surface area contributed by atoms with Gasteiger partial charge >= 0.3 is 0 Å². The minimum absolute atomic E-state index is 0.260. The molecule has 2 N–H and O–H groups in total. The number of rotatable bonds is 6. The molecule has 0 fully saturated rings. The topological polar surface area (TPSA) is 32.5 Å². The van der Waals surface area contributed by atoms with Crippen molar-refractivity contribution in [2.75, 3.05) is 32.7 Å². The van der Waals surface area contributed by atoms with Crippen LogP contribution in [0.15, 0.2) is 12.1 Å². The Morgan fingerprint density at radius 2 is 2.00 bits per heavy atom. The second-order valence-corrected chi connectivity index (χ2v) is 5.96. The normalized spacial score (nSPS) is 18.8. The molecule has 0 saturated heterocycles. The second kappa shape index (κ2) is 7.10. The first-order chi connectivity index (χ1) is 9.62. The van der Waals surface area contributed by atoms with Crippen LogP contribution in [0.1, 0.15) is 31.0 Å². The van der Waals surface area contributed by atoms with Crippen molar-refractivity contribution in [2.24, 2.45) is 5.73 Å². The highest BCUT2D eigenvalue weighted by Gasteiger charge is 2.31. The van der Waals surface area contributed by atoms with E-state index in [2.05, 4.69) is 29.7 Å². The Morgan fingerprint density at radius 1 is 1.30 bits per heavy atom. The molecule has 1 aromatic carbocycles. The van der Waals surface area contributed by atoms with Gasteiger partial charge in [0.1, 0.15) is 0 Å². The van der Waals surface area contributed by atoms with Gasteiger partial charge in [0.2, 0.25) is 0 Å². The lowest BCUT2D eigenvalue weighted by molar-refractivity contribution is 0.180. The van der Waals surface area contributed by atoms with Crippen LogP contribution in [0.2, 0.25) is 10.0 Å². The third kappa shape index (κ3) is 3.12. The van der Waals surface area contributed by atoms with Crippen molar-refractivity contribution >= 4 is 23.2 Å². The molecule has 0 aliphatic carbocycles. The maximum atomic E-state index is 6.33. The molecule has 2 rings (SSSR count). The maximum Gasteiger partial charge on any atom is 0.0640 e. The van der Waals surface area contributed by atoms with Gasteiger partial charge in [-0.1, -0.05) is 43.1 Å². The summed E-state index contributed by atoms with van der Waals surface area (Å²) >= 11 is 12.4. The van der Waals surface area contributed by atoms with Crippen LogP contribution < -0.4 is 5.73 Å². The Balaban J connectivity index is 2.12. The number of nitrogens with two attached hydrogens (primary N) is 1. The monoisotopic (exact) mass is 315 g/mol. The van der Waals surface area contributed by atoms with Gasteiger partial charge < -0.3 is 10.6 Å². The van der Waals surface area contributed by atoms with Gasteiger partial charge in [-0.2, -0.15) is 0 Å². The van der Waals surface area contributed by atoms with Gasteiger partial charge in [0.05, 0.1) is 10.0 Å². The van der Waals surface area contributed by atoms with E-state index in [0.717, 1.165) is 38.3 Å². The van der Waals surface area contributed by atoms with Crippen molar-refractivity contribution in [3.05, 3.63) is 33.3 Å². The standard InChI is InChI=1S/C15H23Cl2N3/c1-3-19(4-2)7-8-20-10-12-11(14(20)9-18)5-6-13(16)15(12)17/h5-6,14H,3-4,7-10,18H2,1-2H3. The summed E-state index contributed by atoms with van der Waals surface area (Å²) in [6.45, 7) is 10.1. The Labute approximate surface area is 131 Å². The smallest absolute Gasteiger partial charge is 0.0640 e. The van der Waals surface area contributed by atoms with Crippen molar-refractivity contribution < 1.29 is 0 Å². The molecule has 3 nitrogen and oxygen atoms in total. The number of benzene rings is 1. The summed E-state index contributed by atoms with van der Waals surface area (Å²) in [5.74, 6) is 0. The third-order valence-corrected chi connectivity index (χ3v) is 5.06. The van der Waals surface area contributed by atoms with Gasteiger partial charge in [-0.05, 0) is 30.3 Å². The lowest BCUT2D eigenvalue weighted by Crippen LogP contribution is -2.36. The van der Waals surface area contributed by atoms with Gasteiger partial charge in [-0.25, -0.2) is 0 Å². The van der Waals surface area contributed by atoms with E-state index in [9.17, 15) is 0 Å². The van der Waals surface area contributed by atoms with E-state index in [1.807, 2.05) is 6.07 Å². The van der Waals surface area contributed by atoms with Crippen LogP contribution in [-0.2, 0) is 6.54 Å². The van der Waals surface area contributed by atoms with Crippen LogP contribution >= 0.6 is 23.2 Å². The highest BCUT2D eigenvalue weighted by atomic mass is 35.5. The third-order valence-electron chi connectivity index (χ3n) is 4.21. The average molecular weight is 316 g/mol. The molecule has 1 aromatic rings. The summed E-state index contributed by atoms with van der Waals surface area (Å²) in [6.07, 6.45) is 0. The molecule has 1 aliphatic heterocycles. The fraction of sp³-hybridized carbons (Fsp3) is 0.600. The molecule has 0 aromatic heterocycles. The molecule has 0 bridgehead atoms. The number of fused-ring (bicyclic) bond motifs is 1. The molecule has 1 unspecified atom stereocenters. The zero-order valence-corrected chi connectivity index (χ0v) is 13.7. The molecular weight excluding hydrogens is 293 g/mol. The van der Waals surface area contributed by atoms with Crippen LogP contribution in [0.3, 0.4) is 0 Å². The van der Waals surface area contributed by atoms with E-state index in [4.69, 9.17) is 28.9 Å². The molecule has 112 valence electrons. The molecule has 5 heteroatoms. The Bertz CT molecular complexity index is 461. The van der Waals surface area contributed by atoms with Crippen molar-refractivity contribution in [1.29, 1.82) is 0 Å². The largest absolute Gasteiger partial charge is 0.329 e. The van der Waals surface area contributed by atoms with E-state index in [1.165, 1.54) is 5.56 Å². The lowest BCUT2D eigenvalue weighted by atomic mass is 10.1. The number of halogens is 2. The molecular formula is C15H23Cl2N3. The molecule has 0 spiro atoms. The Hall–Kier alpha value is -0.320. The lowest BCUT2D eigenvalue weighted by Gasteiger charge is -2.27. The molecule has 1 aliphatic rings. The van der Waals surface area contributed by atoms with Gasteiger partial charge in [0.25, 0.3) is 0 Å². The van der Waals surface area contributed by atoms with Crippen molar-refractivity contribution in [3.8, 4) is 0 Å². The molecule has 0 saturated carbocycles. The number of nitrogens with zero attached hydrogens (tertiary/aromatic N) is 2. The number of hydrogen-bond acceptors (Lipinski definition) is 3. The minimum Gasteiger partial charge on any atom is -0.329 e. The van der Waals surface area contributed by atoms with Gasteiger partial charge in [-0.3, -0.25) is 4.90 Å². The Kier molecular flexibility index (Phi) is 5.70. The highest BCUT2D eigenvalue weighted by molar-refractivity contribution is 6.42. The Morgan fingerprint density at radius 3 is 2.60 bits per heavy atom. The highest BCUT2D eigenvalue weighted by Crippen LogP contribution is 2.39. The summed E-state index contributed by atoms with van der Waals surface area (Å²) in [7, 11) is 0. The van der Waals surface area contributed by atoms with Crippen molar-refractivity contribution in [3.63, 3.8) is 0 Å². The summed E-state index contributed by atoms with van der Waals surface area (Å²) in [5.41, 5.74) is 8.35. The average Bonchev–Trinajstić information content (AvgIpc) is 2.82. The predicted molar refractivity (Wildman–Crippen MR) is 86.5 cm³/mol. The molecule has 0 amide bonds. The number of hydrogen-bond donors (Lipinski definition) is 1. The van der Waals surface area contributed by atoms with Crippen LogP contribution in [-0.4, -0.2) is 42.5 Å². The van der Waals surface area contributed by atoms with Crippen LogP contribution in [0.25, 0.3) is 0 Å². The number of likely N-dealkylation sites (N-methyl/N-ethyl adjacent to an activating group) is 1. The summed E-state index contributed by atoms with van der Waals surface area (Å²) in [5, 5.41) is 1.32. The van der Waals surface area contributed by atoms with Crippen molar-refractivity contribution in [1.82, 2.24) is 9.80 Å². The molecule has 1 atom stereocenters. The quantitative estimate of drug-likeness (QED) is 0.875. The summed E-state index contributed by atoms with van der Waals surface area (Å²) < 4.78 is 0. The molecule has 20 heavy (non-hydrogen) atoms. The van der Waals surface area contributed by atoms with E-state index in [-0.39, 0.29) is 6.04 Å². The van der Waals surface area contributed by atoms with Crippen LogP contribution in [0, 0.1) is 0 Å². The first-order valence-corrected chi connectivity index (χ1v) is 8.01. The predicted octanol–water partition coefficient (Wildman–Crippen LogP) is 3.15. The van der Waals surface area contributed by atoms with Gasteiger partial charge in [0.15, 0.2) is 0 Å². The summed E-state index contributed by atoms with van der Waals surface area (Å²) in [6, 6.07) is 4.20. The first kappa shape index (κ1) is 16.1. The SMILES string of the molecule is CCN(CC)CCN1Cc2c(ccc(Cl)c2Cl)C1CN. The molecule has 1 heterocycles. The first-order valence-electron chi connectivity index (χ1n) is 7.25. The second-order valence-electron chi connectivity index (χ2n) is 5.18.